The number of hydrazine groups is 1. The molecule has 3 heterocycles. The molecule has 0 aliphatic carbocycles. The van der Waals surface area contributed by atoms with E-state index in [0.29, 0.717) is 24.2 Å². The summed E-state index contributed by atoms with van der Waals surface area (Å²) < 4.78 is 35.1. The molecule has 9 heteroatoms. The topological polar surface area (TPSA) is 67.7 Å². The Kier molecular flexibility index (Phi) is 5.41. The summed E-state index contributed by atoms with van der Waals surface area (Å²) in [5.74, 6) is -2.12. The third kappa shape index (κ3) is 3.58. The number of hydrogen-bond donors (Lipinski definition) is 0. The number of benzene rings is 2. The molecule has 0 unspecified atom stereocenters. The van der Waals surface area contributed by atoms with Crippen LogP contribution in [0.1, 0.15) is 46.5 Å². The predicted molar refractivity (Wildman–Crippen MR) is 115 cm³/mol. The Morgan fingerprint density at radius 1 is 1.00 bits per heavy atom. The maximum atomic E-state index is 14.3. The van der Waals surface area contributed by atoms with Crippen LogP contribution in [0.3, 0.4) is 0 Å². The molecule has 3 aromatic rings. The summed E-state index contributed by atoms with van der Waals surface area (Å²) in [4.78, 5) is 25.8. The molecule has 2 aliphatic heterocycles. The molecular formula is C24H21F2N4O3. The molecule has 0 saturated carbocycles. The van der Waals surface area contributed by atoms with Gasteiger partial charge in [0, 0.05) is 19.0 Å². The van der Waals surface area contributed by atoms with E-state index >= 15 is 0 Å². The van der Waals surface area contributed by atoms with Gasteiger partial charge in [-0.1, -0.05) is 24.3 Å². The lowest BCUT2D eigenvalue weighted by Crippen LogP contribution is -2.59. The second-order valence-electron chi connectivity index (χ2n) is 8.08. The average molecular weight is 451 g/mol. The van der Waals surface area contributed by atoms with Crippen LogP contribution in [0.5, 0.6) is 5.75 Å². The minimum Gasteiger partial charge on any atom is -0.484 e. The van der Waals surface area contributed by atoms with Crippen molar-refractivity contribution in [3.63, 3.8) is 0 Å². The second kappa shape index (κ2) is 8.40. The van der Waals surface area contributed by atoms with Crippen LogP contribution in [0.2, 0.25) is 0 Å². The molecule has 1 saturated heterocycles. The molecule has 2 aromatic carbocycles. The Bertz CT molecular complexity index is 1230. The number of ether oxygens (including phenoxy) is 1. The fourth-order valence-corrected chi connectivity index (χ4v) is 4.76. The van der Waals surface area contributed by atoms with Crippen molar-refractivity contribution in [1.29, 1.82) is 0 Å². The predicted octanol–water partition coefficient (Wildman–Crippen LogP) is 3.49. The minimum absolute atomic E-state index is 0.0292. The summed E-state index contributed by atoms with van der Waals surface area (Å²) in [7, 11) is 3.35. The number of carbonyl (C=O) groups is 1. The van der Waals surface area contributed by atoms with Crippen molar-refractivity contribution < 1.29 is 18.3 Å². The van der Waals surface area contributed by atoms with Gasteiger partial charge in [-0.05, 0) is 48.2 Å². The Hall–Kier alpha value is -3.59. The van der Waals surface area contributed by atoms with E-state index in [1.807, 2.05) is 5.01 Å². The van der Waals surface area contributed by atoms with Crippen LogP contribution in [0.15, 0.2) is 59.5 Å². The van der Waals surface area contributed by atoms with Gasteiger partial charge in [0.05, 0.1) is 6.20 Å². The van der Waals surface area contributed by atoms with Gasteiger partial charge in [-0.25, -0.2) is 13.5 Å². The number of halogens is 2. The van der Waals surface area contributed by atoms with Crippen LogP contribution in [-0.2, 0) is 0 Å². The summed E-state index contributed by atoms with van der Waals surface area (Å²) in [6, 6.07) is 12.1. The smallest absolute Gasteiger partial charge is 0.290 e. The SMILES string of the molecule is [CH2]Oc1c2n(ncc1=O)[C@@H](C(c1cccc(F)c1)c1cccc(F)c1)N1CCCCN1C2=O. The monoisotopic (exact) mass is 451 g/mol. The van der Waals surface area contributed by atoms with Gasteiger partial charge in [0.1, 0.15) is 24.9 Å². The van der Waals surface area contributed by atoms with Gasteiger partial charge in [-0.2, -0.15) is 10.1 Å². The van der Waals surface area contributed by atoms with Gasteiger partial charge in [0.2, 0.25) is 5.43 Å². The van der Waals surface area contributed by atoms with Crippen molar-refractivity contribution in [3.8, 4) is 5.75 Å². The number of hydrogen-bond acceptors (Lipinski definition) is 5. The highest BCUT2D eigenvalue weighted by molar-refractivity contribution is 5.95. The molecule has 7 nitrogen and oxygen atoms in total. The molecular weight excluding hydrogens is 430 g/mol. The number of carbonyl (C=O) groups excluding carboxylic acids is 1. The van der Waals surface area contributed by atoms with Crippen molar-refractivity contribution in [3.05, 3.63) is 101 Å². The maximum absolute atomic E-state index is 14.3. The van der Waals surface area contributed by atoms with E-state index in [1.165, 1.54) is 28.9 Å². The van der Waals surface area contributed by atoms with Crippen LogP contribution >= 0.6 is 0 Å². The molecule has 1 radical (unpaired) electrons. The van der Waals surface area contributed by atoms with Gasteiger partial charge in [-0.3, -0.25) is 14.6 Å². The zero-order chi connectivity index (χ0) is 23.1. The Balaban J connectivity index is 1.80. The molecule has 0 N–H and O–H groups in total. The van der Waals surface area contributed by atoms with E-state index in [4.69, 9.17) is 4.74 Å². The fourth-order valence-electron chi connectivity index (χ4n) is 4.76. The first kappa shape index (κ1) is 21.3. The van der Waals surface area contributed by atoms with E-state index in [0.717, 1.165) is 19.0 Å². The first-order chi connectivity index (χ1) is 16.0. The summed E-state index contributed by atoms with van der Waals surface area (Å²) >= 11 is 0. The number of rotatable bonds is 4. The van der Waals surface area contributed by atoms with E-state index in [9.17, 15) is 18.4 Å². The highest BCUT2D eigenvalue weighted by Gasteiger charge is 2.46. The van der Waals surface area contributed by atoms with Gasteiger partial charge in [0.15, 0.2) is 11.4 Å². The molecule has 1 atom stereocenters. The normalized spacial score (nSPS) is 18.2. The molecule has 0 bridgehead atoms. The maximum Gasteiger partial charge on any atom is 0.290 e. The van der Waals surface area contributed by atoms with Gasteiger partial charge >= 0.3 is 0 Å². The summed E-state index contributed by atoms with van der Waals surface area (Å²) in [6.07, 6.45) is 1.99. The molecule has 5 rings (SSSR count). The lowest BCUT2D eigenvalue weighted by molar-refractivity contribution is -0.103. The number of aromatic nitrogens is 2. The van der Waals surface area contributed by atoms with Crippen molar-refractivity contribution in [1.82, 2.24) is 19.8 Å². The first-order valence-electron chi connectivity index (χ1n) is 10.6. The van der Waals surface area contributed by atoms with Crippen LogP contribution in [0.4, 0.5) is 8.78 Å². The van der Waals surface area contributed by atoms with E-state index in [-0.39, 0.29) is 11.4 Å². The largest absolute Gasteiger partial charge is 0.484 e. The van der Waals surface area contributed by atoms with Crippen LogP contribution in [0, 0.1) is 18.7 Å². The van der Waals surface area contributed by atoms with E-state index in [2.05, 4.69) is 12.2 Å². The minimum atomic E-state index is -0.684. The lowest BCUT2D eigenvalue weighted by Gasteiger charge is -2.49. The van der Waals surface area contributed by atoms with Gasteiger partial charge in [-0.15, -0.1) is 0 Å². The highest BCUT2D eigenvalue weighted by atomic mass is 19.1. The fraction of sp³-hybridized carbons (Fsp3) is 0.250. The molecule has 169 valence electrons. The number of fused-ring (bicyclic) bond motifs is 2. The van der Waals surface area contributed by atoms with Crippen LogP contribution in [-0.4, -0.2) is 38.8 Å². The van der Waals surface area contributed by atoms with Crippen molar-refractivity contribution in [2.45, 2.75) is 24.9 Å². The quantitative estimate of drug-likeness (QED) is 0.608. The van der Waals surface area contributed by atoms with Crippen molar-refractivity contribution >= 4 is 5.91 Å². The first-order valence-corrected chi connectivity index (χ1v) is 10.6. The number of amides is 1. The Morgan fingerprint density at radius 2 is 1.64 bits per heavy atom. The molecule has 2 aliphatic rings. The molecule has 1 fully saturated rings. The molecule has 1 aromatic heterocycles. The summed E-state index contributed by atoms with van der Waals surface area (Å²) in [5, 5.41) is 7.72. The third-order valence-corrected chi connectivity index (χ3v) is 6.14. The molecule has 0 spiro atoms. The second-order valence-corrected chi connectivity index (χ2v) is 8.08. The van der Waals surface area contributed by atoms with Crippen LogP contribution in [0.25, 0.3) is 0 Å². The zero-order valence-corrected chi connectivity index (χ0v) is 17.7. The third-order valence-electron chi connectivity index (χ3n) is 6.14. The molecule has 1 amide bonds. The van der Waals surface area contributed by atoms with E-state index in [1.54, 1.807) is 29.3 Å². The summed E-state index contributed by atoms with van der Waals surface area (Å²) in [5.41, 5.74) is 0.559. The standard InChI is InChI=1S/C24H21F2N4O3/c1-33-22-19(31)14-27-30-21(22)24(32)29-11-3-2-10-28(29)23(30)20(15-6-4-8-17(25)12-15)16-7-5-9-18(26)13-16/h4-9,12-14,20,23H,1-3,10-11H2/t23-/m0/s1. The number of nitrogens with zero attached hydrogens (tertiary/aromatic N) is 4. The lowest BCUT2D eigenvalue weighted by atomic mass is 9.87. The zero-order valence-electron chi connectivity index (χ0n) is 17.7. The average Bonchev–Trinajstić information content (AvgIpc) is 2.81. The Morgan fingerprint density at radius 3 is 2.24 bits per heavy atom. The van der Waals surface area contributed by atoms with Crippen LogP contribution < -0.4 is 10.2 Å². The van der Waals surface area contributed by atoms with Crippen molar-refractivity contribution in [2.24, 2.45) is 0 Å². The summed E-state index contributed by atoms with van der Waals surface area (Å²) in [6.45, 7) is 0.972. The highest BCUT2D eigenvalue weighted by Crippen LogP contribution is 2.43. The molecule has 33 heavy (non-hydrogen) atoms. The Labute approximate surface area is 188 Å². The van der Waals surface area contributed by atoms with Crippen molar-refractivity contribution in [2.75, 3.05) is 13.1 Å². The van der Waals surface area contributed by atoms with Gasteiger partial charge in [0.25, 0.3) is 5.91 Å². The van der Waals surface area contributed by atoms with Gasteiger partial charge < -0.3 is 4.74 Å². The van der Waals surface area contributed by atoms with E-state index < -0.39 is 35.1 Å².